The van der Waals surface area contributed by atoms with Gasteiger partial charge in [-0.2, -0.15) is 0 Å². The fourth-order valence-corrected chi connectivity index (χ4v) is 1.60. The second-order valence-electron chi connectivity index (χ2n) is 4.07. The number of nitrogens with one attached hydrogen (secondary N) is 1. The third kappa shape index (κ3) is 4.43. The summed E-state index contributed by atoms with van der Waals surface area (Å²) in [5.41, 5.74) is 5.75. The molecule has 4 nitrogen and oxygen atoms in total. The molecule has 18 heavy (non-hydrogen) atoms. The maximum Gasteiger partial charge on any atom is 0.248 e. The quantitative estimate of drug-likeness (QED) is 0.774. The number of carbonyl (C=O) groups is 1. The van der Waals surface area contributed by atoms with Gasteiger partial charge in [0.15, 0.2) is 0 Å². The molecule has 0 aliphatic rings. The molecule has 0 saturated carbocycles. The number of carbonyl (C=O) groups excluding carboxylic acids is 1. The second kappa shape index (κ2) is 7.08. The molecule has 1 amide bonds. The van der Waals surface area contributed by atoms with E-state index in [-0.39, 0.29) is 11.7 Å². The number of rotatable bonds is 7. The smallest absolute Gasteiger partial charge is 0.248 e. The van der Waals surface area contributed by atoms with Crippen LogP contribution in [0.25, 0.3) is 0 Å². The van der Waals surface area contributed by atoms with Crippen LogP contribution in [-0.4, -0.2) is 25.2 Å². The number of halogens is 1. The van der Waals surface area contributed by atoms with Crippen LogP contribution in [-0.2, 0) is 11.3 Å². The predicted molar refractivity (Wildman–Crippen MR) is 67.7 cm³/mol. The first kappa shape index (κ1) is 14.6. The summed E-state index contributed by atoms with van der Waals surface area (Å²) in [6, 6.07) is 4.24. The zero-order valence-electron chi connectivity index (χ0n) is 10.7. The number of ether oxygens (including phenoxy) is 1. The Bertz CT molecular complexity index is 410. The normalized spacial score (nSPS) is 12.4. The molecule has 1 atom stereocenters. The van der Waals surface area contributed by atoms with Crippen LogP contribution in [0.15, 0.2) is 18.2 Å². The third-order valence-electron chi connectivity index (χ3n) is 2.54. The minimum Gasteiger partial charge on any atom is -0.377 e. The number of primary amides is 1. The van der Waals surface area contributed by atoms with Gasteiger partial charge in [-0.15, -0.1) is 0 Å². The highest BCUT2D eigenvalue weighted by Crippen LogP contribution is 2.10. The van der Waals surface area contributed by atoms with Crippen molar-refractivity contribution >= 4 is 5.91 Å². The fourth-order valence-electron chi connectivity index (χ4n) is 1.60. The Morgan fingerprint density at radius 3 is 2.83 bits per heavy atom. The summed E-state index contributed by atoms with van der Waals surface area (Å²) in [4.78, 5) is 10.9. The number of benzene rings is 1. The van der Waals surface area contributed by atoms with E-state index in [1.54, 1.807) is 6.07 Å². The van der Waals surface area contributed by atoms with Gasteiger partial charge in [0.1, 0.15) is 5.82 Å². The lowest BCUT2D eigenvalue weighted by Gasteiger charge is -2.13. The van der Waals surface area contributed by atoms with Gasteiger partial charge in [0.25, 0.3) is 0 Å². The number of hydrogen-bond donors (Lipinski definition) is 2. The predicted octanol–water partition coefficient (Wildman–Crippen LogP) is 1.44. The van der Waals surface area contributed by atoms with E-state index in [4.69, 9.17) is 10.5 Å². The molecule has 1 rings (SSSR count). The van der Waals surface area contributed by atoms with Crippen LogP contribution in [0.4, 0.5) is 4.39 Å². The van der Waals surface area contributed by atoms with E-state index in [0.717, 1.165) is 6.07 Å². The van der Waals surface area contributed by atoms with Crippen molar-refractivity contribution in [2.45, 2.75) is 26.5 Å². The van der Waals surface area contributed by atoms with E-state index in [0.29, 0.717) is 25.3 Å². The van der Waals surface area contributed by atoms with E-state index in [2.05, 4.69) is 5.32 Å². The van der Waals surface area contributed by atoms with Crippen LogP contribution in [0, 0.1) is 5.82 Å². The van der Waals surface area contributed by atoms with E-state index in [9.17, 15) is 9.18 Å². The van der Waals surface area contributed by atoms with Crippen LogP contribution < -0.4 is 11.1 Å². The molecule has 100 valence electrons. The summed E-state index contributed by atoms with van der Waals surface area (Å²) in [5.74, 6) is -1.05. The fraction of sp³-hybridized carbons (Fsp3) is 0.462. The average Bonchev–Trinajstić information content (AvgIpc) is 2.31. The van der Waals surface area contributed by atoms with Gasteiger partial charge in [-0.3, -0.25) is 4.79 Å². The Morgan fingerprint density at radius 1 is 1.56 bits per heavy atom. The summed E-state index contributed by atoms with van der Waals surface area (Å²) >= 11 is 0. The maximum atomic E-state index is 13.6. The summed E-state index contributed by atoms with van der Waals surface area (Å²) in [6.45, 7) is 5.57. The summed E-state index contributed by atoms with van der Waals surface area (Å²) in [5, 5.41) is 3.09. The molecule has 0 saturated heterocycles. The molecule has 0 radical (unpaired) electrons. The molecule has 1 aromatic rings. The van der Waals surface area contributed by atoms with Crippen molar-refractivity contribution < 1.29 is 13.9 Å². The molecule has 0 aliphatic heterocycles. The van der Waals surface area contributed by atoms with Gasteiger partial charge in [0, 0.05) is 30.8 Å². The minimum absolute atomic E-state index is 0.0861. The van der Waals surface area contributed by atoms with Crippen molar-refractivity contribution in [3.8, 4) is 0 Å². The molecule has 1 unspecified atom stereocenters. The van der Waals surface area contributed by atoms with Crippen molar-refractivity contribution in [1.82, 2.24) is 5.32 Å². The molecular formula is C13H19FN2O2. The topological polar surface area (TPSA) is 64.3 Å². The first-order valence-corrected chi connectivity index (χ1v) is 5.95. The highest BCUT2D eigenvalue weighted by atomic mass is 19.1. The van der Waals surface area contributed by atoms with Crippen LogP contribution in [0.3, 0.4) is 0 Å². The molecule has 5 heteroatoms. The zero-order chi connectivity index (χ0) is 13.5. The average molecular weight is 254 g/mol. The summed E-state index contributed by atoms with van der Waals surface area (Å²) < 4.78 is 18.9. The van der Waals surface area contributed by atoms with Crippen molar-refractivity contribution in [3.05, 3.63) is 35.1 Å². The van der Waals surface area contributed by atoms with E-state index < -0.39 is 11.7 Å². The van der Waals surface area contributed by atoms with Crippen molar-refractivity contribution in [2.24, 2.45) is 5.73 Å². The number of amides is 1. The molecule has 1 aromatic carbocycles. The maximum absolute atomic E-state index is 13.6. The molecule has 0 aliphatic carbocycles. The Kier molecular flexibility index (Phi) is 5.74. The van der Waals surface area contributed by atoms with Gasteiger partial charge in [-0.25, -0.2) is 4.39 Å². The monoisotopic (exact) mass is 254 g/mol. The molecule has 0 bridgehead atoms. The third-order valence-corrected chi connectivity index (χ3v) is 2.54. The van der Waals surface area contributed by atoms with Crippen LogP contribution in [0.2, 0.25) is 0 Å². The van der Waals surface area contributed by atoms with Gasteiger partial charge >= 0.3 is 0 Å². The molecule has 0 spiro atoms. The molecule has 3 N–H and O–H groups in total. The SMILES string of the molecule is CCOC(C)CNCc1ccc(C(N)=O)cc1F. The van der Waals surface area contributed by atoms with Crippen LogP contribution in [0.1, 0.15) is 29.8 Å². The first-order chi connectivity index (χ1) is 8.54. The van der Waals surface area contributed by atoms with E-state index >= 15 is 0 Å². The lowest BCUT2D eigenvalue weighted by Crippen LogP contribution is -2.26. The summed E-state index contributed by atoms with van der Waals surface area (Å²) in [7, 11) is 0. The Balaban J connectivity index is 2.50. The number of nitrogens with two attached hydrogens (primary N) is 1. The van der Waals surface area contributed by atoms with E-state index in [1.807, 2.05) is 13.8 Å². The Morgan fingerprint density at radius 2 is 2.28 bits per heavy atom. The highest BCUT2D eigenvalue weighted by Gasteiger charge is 2.07. The Labute approximate surface area is 106 Å². The second-order valence-corrected chi connectivity index (χ2v) is 4.07. The van der Waals surface area contributed by atoms with Gasteiger partial charge in [-0.05, 0) is 26.0 Å². The van der Waals surface area contributed by atoms with Gasteiger partial charge < -0.3 is 15.8 Å². The van der Waals surface area contributed by atoms with Gasteiger partial charge in [0.05, 0.1) is 6.10 Å². The van der Waals surface area contributed by atoms with Crippen molar-refractivity contribution in [1.29, 1.82) is 0 Å². The highest BCUT2D eigenvalue weighted by molar-refractivity contribution is 5.92. The molecular weight excluding hydrogens is 235 g/mol. The number of hydrogen-bond acceptors (Lipinski definition) is 3. The van der Waals surface area contributed by atoms with Crippen molar-refractivity contribution in [3.63, 3.8) is 0 Å². The molecule has 0 aromatic heterocycles. The largest absolute Gasteiger partial charge is 0.377 e. The first-order valence-electron chi connectivity index (χ1n) is 5.95. The van der Waals surface area contributed by atoms with Gasteiger partial charge in [0.2, 0.25) is 5.91 Å². The van der Waals surface area contributed by atoms with Crippen LogP contribution >= 0.6 is 0 Å². The van der Waals surface area contributed by atoms with Gasteiger partial charge in [-0.1, -0.05) is 6.07 Å². The van der Waals surface area contributed by atoms with Crippen molar-refractivity contribution in [2.75, 3.05) is 13.2 Å². The molecule has 0 heterocycles. The lowest BCUT2D eigenvalue weighted by atomic mass is 10.1. The van der Waals surface area contributed by atoms with E-state index in [1.165, 1.54) is 6.07 Å². The minimum atomic E-state index is -0.627. The lowest BCUT2D eigenvalue weighted by molar-refractivity contribution is 0.0759. The zero-order valence-corrected chi connectivity index (χ0v) is 10.7. The van der Waals surface area contributed by atoms with Crippen LogP contribution in [0.5, 0.6) is 0 Å². The standard InChI is InChI=1S/C13H19FN2O2/c1-3-18-9(2)7-16-8-11-5-4-10(13(15)17)6-12(11)14/h4-6,9,16H,3,7-8H2,1-2H3,(H2,15,17). The molecule has 0 fully saturated rings. The Hall–Kier alpha value is -1.46. The summed E-state index contributed by atoms with van der Waals surface area (Å²) in [6.07, 6.45) is 0.0861.